The summed E-state index contributed by atoms with van der Waals surface area (Å²) in [6.45, 7) is 1.72. The standard InChI is InChI=1S/C23H24B12N2O4/c1-2-3-4-5-6-7-16(38)36-13(11-37-20(28,29)18(24,25)19(26,27)21(37,30)31)17(39)12-8-9-14-15(10-12)41-23(34,35)22(32,33)40-14/h8-10,13,17,39H,2-7,11H2,1H3,(H,36,38)/t13-,17-/m1/s1. The number of likely N-dealkylation sites (tertiary alicyclic amines) is 1. The monoisotopic (exact) mass is 524 g/mol. The molecule has 0 bridgehead atoms. The van der Waals surface area contributed by atoms with Gasteiger partial charge in [-0.3, -0.25) is 4.79 Å². The van der Waals surface area contributed by atoms with Gasteiger partial charge < -0.3 is 24.8 Å². The number of fused-ring (bicyclic) bond motifs is 1. The van der Waals surface area contributed by atoms with E-state index in [2.05, 4.69) is 12.2 Å². The molecule has 0 aromatic heterocycles. The summed E-state index contributed by atoms with van der Waals surface area (Å²) in [6.07, 6.45) is 3.36. The van der Waals surface area contributed by atoms with E-state index in [0.717, 1.165) is 30.6 Å². The van der Waals surface area contributed by atoms with E-state index in [9.17, 15) is 9.90 Å². The summed E-state index contributed by atoms with van der Waals surface area (Å²) in [5, 5.41) is 1.39. The molecule has 1 aromatic carbocycles. The van der Waals surface area contributed by atoms with Gasteiger partial charge >= 0.3 is 0 Å². The van der Waals surface area contributed by atoms with E-state index < -0.39 is 44.0 Å². The van der Waals surface area contributed by atoms with E-state index in [4.69, 9.17) is 104 Å². The van der Waals surface area contributed by atoms with Crippen LogP contribution in [0.4, 0.5) is 0 Å². The van der Waals surface area contributed by atoms with Crippen LogP contribution in [0.1, 0.15) is 57.1 Å². The Balaban J connectivity index is 1.93. The number of ether oxygens (including phenoxy) is 2. The first-order chi connectivity index (χ1) is 18.6. The fourth-order valence-electron chi connectivity index (χ4n) is 4.94. The molecule has 6 nitrogen and oxygen atoms in total. The second-order valence-corrected chi connectivity index (χ2v) is 11.3. The molecule has 1 amide bonds. The number of nitrogens with one attached hydrogen (secondary N) is 1. The van der Waals surface area contributed by atoms with Crippen LogP contribution in [-0.4, -0.2) is 144 Å². The maximum absolute atomic E-state index is 13.0. The van der Waals surface area contributed by atoms with Crippen LogP contribution in [-0.2, 0) is 4.79 Å². The molecule has 0 aliphatic carbocycles. The number of unbranched alkanes of at least 4 members (excludes halogenated alkanes) is 4. The van der Waals surface area contributed by atoms with Gasteiger partial charge in [0.15, 0.2) is 11.5 Å². The van der Waals surface area contributed by atoms with Gasteiger partial charge in [-0.2, -0.15) is 0 Å². The van der Waals surface area contributed by atoms with E-state index in [1.165, 1.54) is 18.2 Å². The molecule has 0 saturated carbocycles. The molecule has 0 spiro atoms. The van der Waals surface area contributed by atoms with Crippen LogP contribution in [0.15, 0.2) is 18.2 Å². The van der Waals surface area contributed by atoms with Crippen molar-refractivity contribution in [3.63, 3.8) is 0 Å². The highest BCUT2D eigenvalue weighted by molar-refractivity contribution is 6.67. The molecule has 186 valence electrons. The molecule has 1 fully saturated rings. The van der Waals surface area contributed by atoms with Gasteiger partial charge in [0.1, 0.15) is 37.5 Å². The summed E-state index contributed by atoms with van der Waals surface area (Å²) in [5.41, 5.74) is 0.231. The normalized spacial score (nSPS) is 24.1. The van der Waals surface area contributed by atoms with Gasteiger partial charge in [-0.1, -0.05) is 49.3 Å². The number of carbonyl (C=O) groups excluding carboxylic acids is 1. The van der Waals surface area contributed by atoms with E-state index >= 15 is 0 Å². The third-order valence-corrected chi connectivity index (χ3v) is 7.99. The molecule has 3 rings (SSSR count). The highest BCUT2D eigenvalue weighted by Gasteiger charge is 2.63. The minimum atomic E-state index is -2.21. The van der Waals surface area contributed by atoms with E-state index in [-0.39, 0.29) is 35.9 Å². The van der Waals surface area contributed by atoms with Gasteiger partial charge in [-0.15, -0.1) is 10.4 Å². The third-order valence-electron chi connectivity index (χ3n) is 7.99. The number of rotatable bonds is 11. The fraction of sp³-hybridized carbons (Fsp3) is 0.696. The maximum Gasteiger partial charge on any atom is 0.220 e. The molecule has 1 aromatic rings. The van der Waals surface area contributed by atoms with Crippen molar-refractivity contribution in [3.8, 4) is 11.5 Å². The Bertz CT molecular complexity index is 1090. The van der Waals surface area contributed by atoms with Crippen molar-refractivity contribution in [1.82, 2.24) is 10.2 Å². The highest BCUT2D eigenvalue weighted by Crippen LogP contribution is 2.63. The van der Waals surface area contributed by atoms with Gasteiger partial charge in [0.05, 0.1) is 68.8 Å². The van der Waals surface area contributed by atoms with Gasteiger partial charge in [0.25, 0.3) is 0 Å². The van der Waals surface area contributed by atoms with Gasteiger partial charge in [-0.25, -0.2) is 0 Å². The van der Waals surface area contributed by atoms with Crippen molar-refractivity contribution in [3.05, 3.63) is 23.8 Å². The predicted octanol–water partition coefficient (Wildman–Crippen LogP) is -2.48. The number of benzene rings is 1. The molecule has 2 atom stereocenters. The fourth-order valence-corrected chi connectivity index (χ4v) is 4.94. The predicted molar refractivity (Wildman–Crippen MR) is 170 cm³/mol. The van der Waals surface area contributed by atoms with Crippen LogP contribution < -0.4 is 14.8 Å². The van der Waals surface area contributed by atoms with Crippen molar-refractivity contribution in [2.75, 3.05) is 6.54 Å². The maximum atomic E-state index is 13.0. The lowest BCUT2D eigenvalue weighted by molar-refractivity contribution is -0.123. The summed E-state index contributed by atoms with van der Waals surface area (Å²) in [4.78, 5) is 14.0. The molecule has 0 unspecified atom stereocenters. The van der Waals surface area contributed by atoms with Crippen molar-refractivity contribution in [2.24, 2.45) is 0 Å². The highest BCUT2D eigenvalue weighted by atomic mass is 16.6. The number of aliphatic hydroxyl groups excluding tert-OH is 1. The van der Waals surface area contributed by atoms with Crippen molar-refractivity contribution in [2.45, 2.75) is 89.5 Å². The van der Waals surface area contributed by atoms with Crippen LogP contribution in [0, 0.1) is 0 Å². The lowest BCUT2D eigenvalue weighted by Crippen LogP contribution is -2.65. The van der Waals surface area contributed by atoms with Crippen LogP contribution >= 0.6 is 0 Å². The lowest BCUT2D eigenvalue weighted by Gasteiger charge is -2.49. The van der Waals surface area contributed by atoms with Crippen LogP contribution in [0.3, 0.4) is 0 Å². The van der Waals surface area contributed by atoms with Crippen LogP contribution in [0.5, 0.6) is 11.5 Å². The minimum absolute atomic E-state index is 0.0325. The first-order valence-corrected chi connectivity index (χ1v) is 13.4. The molecule has 2 N–H and O–H groups in total. The number of amides is 1. The summed E-state index contributed by atoms with van der Waals surface area (Å²) in [7, 11) is 73.1. The van der Waals surface area contributed by atoms with Crippen LogP contribution in [0.25, 0.3) is 0 Å². The summed E-state index contributed by atoms with van der Waals surface area (Å²) < 4.78 is 11.0. The Kier molecular flexibility index (Phi) is 9.94. The number of hydrogen-bond donors (Lipinski definition) is 2. The molecule has 24 radical (unpaired) electrons. The Morgan fingerprint density at radius 3 is 1.88 bits per heavy atom. The van der Waals surface area contributed by atoms with E-state index in [1.807, 2.05) is 0 Å². The number of carbonyl (C=O) groups is 1. The van der Waals surface area contributed by atoms with Gasteiger partial charge in [-0.05, 0) is 24.1 Å². The molecular formula is C23H24B12N2O4. The molecular weight excluding hydrogens is 498 g/mol. The smallest absolute Gasteiger partial charge is 0.220 e. The van der Waals surface area contributed by atoms with E-state index in [0.29, 0.717) is 6.42 Å². The summed E-state index contributed by atoms with van der Waals surface area (Å²) in [5.74, 6) is -0.216. The Hall–Kier alpha value is -1.01. The van der Waals surface area contributed by atoms with E-state index in [1.54, 1.807) is 0 Å². The van der Waals surface area contributed by atoms with Crippen molar-refractivity contribution in [1.29, 1.82) is 0 Å². The average Bonchev–Trinajstić information content (AvgIpc) is 2.91. The molecule has 2 aliphatic rings. The Morgan fingerprint density at radius 2 is 1.34 bits per heavy atom. The molecule has 18 heteroatoms. The third kappa shape index (κ3) is 6.17. The topological polar surface area (TPSA) is 71.0 Å². The molecule has 41 heavy (non-hydrogen) atoms. The second kappa shape index (κ2) is 11.8. The Labute approximate surface area is 260 Å². The first kappa shape index (κ1) is 34.5. The summed E-state index contributed by atoms with van der Waals surface area (Å²) >= 11 is 0. The van der Waals surface area contributed by atoms with Gasteiger partial charge in [0, 0.05) is 23.8 Å². The second-order valence-electron chi connectivity index (χ2n) is 11.3. The first-order valence-electron chi connectivity index (χ1n) is 13.4. The number of nitrogens with zero attached hydrogens (tertiary/aromatic N) is 1. The quantitative estimate of drug-likeness (QED) is 0.249. The molecule has 1 saturated heterocycles. The zero-order valence-electron chi connectivity index (χ0n) is 23.4. The average molecular weight is 522 g/mol. The largest absolute Gasteiger partial charge is 0.501 e. The van der Waals surface area contributed by atoms with Crippen molar-refractivity contribution < 1.29 is 19.4 Å². The van der Waals surface area contributed by atoms with Crippen LogP contribution in [0.2, 0.25) is 10.4 Å². The summed E-state index contributed by atoms with van der Waals surface area (Å²) in [6, 6.07) is 3.16. The molecule has 2 heterocycles. The lowest BCUT2D eigenvalue weighted by atomic mass is 9.17. The zero-order chi connectivity index (χ0) is 31.2. The minimum Gasteiger partial charge on any atom is -0.501 e. The van der Waals surface area contributed by atoms with Gasteiger partial charge in [0.2, 0.25) is 5.91 Å². The Morgan fingerprint density at radius 1 is 0.829 bits per heavy atom. The SMILES string of the molecule is [B]C1([B])Oc2ccc([C@@H](O)[C@@H](CN3C([B])([B])C([B])([B])C([B])([B])C3([B])[B])NC(=O)CCCCCCC)cc2OC1([B])[B]. The number of hydrogen-bond acceptors (Lipinski definition) is 5. The zero-order valence-corrected chi connectivity index (χ0v) is 23.4. The van der Waals surface area contributed by atoms with Crippen molar-refractivity contribution >= 4 is 100 Å². The number of aliphatic hydroxyl groups is 1. The molecule has 2 aliphatic heterocycles.